The van der Waals surface area contributed by atoms with Gasteiger partial charge in [-0.15, -0.1) is 11.3 Å². The highest BCUT2D eigenvalue weighted by atomic mass is 32.1. The smallest absolute Gasteiger partial charge is 0.341 e. The lowest BCUT2D eigenvalue weighted by Gasteiger charge is -2.22. The Balaban J connectivity index is 2.56. The van der Waals surface area contributed by atoms with Crippen LogP contribution in [0.2, 0.25) is 0 Å². The number of carboxylic acid groups (broad SMARTS) is 1. The van der Waals surface area contributed by atoms with E-state index in [2.05, 4.69) is 0 Å². The summed E-state index contributed by atoms with van der Waals surface area (Å²) >= 11 is 1.32. The third kappa shape index (κ3) is 0.957. The monoisotopic (exact) mass is 198 g/mol. The Bertz CT molecular complexity index is 357. The zero-order chi connectivity index (χ0) is 9.64. The van der Waals surface area contributed by atoms with Crippen molar-refractivity contribution in [3.63, 3.8) is 0 Å². The van der Waals surface area contributed by atoms with Crippen molar-refractivity contribution in [3.05, 3.63) is 21.9 Å². The van der Waals surface area contributed by atoms with Gasteiger partial charge in [-0.05, 0) is 23.4 Å². The zero-order valence-corrected chi connectivity index (χ0v) is 7.97. The van der Waals surface area contributed by atoms with E-state index >= 15 is 0 Å². The minimum Gasteiger partial charge on any atom is -0.479 e. The lowest BCUT2D eigenvalue weighted by atomic mass is 9.93. The fourth-order valence-corrected chi connectivity index (χ4v) is 2.98. The molecular formula is C9H10O3S. The molecule has 0 bridgehead atoms. The van der Waals surface area contributed by atoms with Crippen LogP contribution in [0.15, 0.2) is 11.4 Å². The third-order valence-electron chi connectivity index (χ3n) is 2.66. The maximum absolute atomic E-state index is 11.0. The van der Waals surface area contributed by atoms with Crippen molar-refractivity contribution in [3.8, 4) is 0 Å². The van der Waals surface area contributed by atoms with Crippen LogP contribution in [-0.2, 0) is 16.8 Å². The molecule has 0 saturated carbocycles. The number of thiophene rings is 1. The Morgan fingerprint density at radius 2 is 2.46 bits per heavy atom. The van der Waals surface area contributed by atoms with Crippen molar-refractivity contribution in [2.75, 3.05) is 0 Å². The van der Waals surface area contributed by atoms with Gasteiger partial charge in [-0.1, -0.05) is 6.92 Å². The van der Waals surface area contributed by atoms with E-state index in [1.54, 1.807) is 6.92 Å². The van der Waals surface area contributed by atoms with Gasteiger partial charge in [0.15, 0.2) is 5.60 Å². The van der Waals surface area contributed by atoms with E-state index in [-0.39, 0.29) is 5.92 Å². The van der Waals surface area contributed by atoms with E-state index in [1.165, 1.54) is 11.3 Å². The molecule has 2 N–H and O–H groups in total. The number of carboxylic acids is 1. The molecule has 4 heteroatoms. The molecule has 2 unspecified atom stereocenters. The molecule has 1 aliphatic carbocycles. The quantitative estimate of drug-likeness (QED) is 0.713. The number of carbonyl (C=O) groups is 1. The number of rotatable bonds is 1. The summed E-state index contributed by atoms with van der Waals surface area (Å²) in [4.78, 5) is 11.6. The van der Waals surface area contributed by atoms with Gasteiger partial charge in [0.1, 0.15) is 0 Å². The SMILES string of the molecule is CC1Cc2ccsc2C1(O)C(=O)O. The Labute approximate surface area is 79.6 Å². The van der Waals surface area contributed by atoms with E-state index in [1.807, 2.05) is 11.4 Å². The van der Waals surface area contributed by atoms with Gasteiger partial charge < -0.3 is 10.2 Å². The van der Waals surface area contributed by atoms with Gasteiger partial charge in [0.25, 0.3) is 0 Å². The van der Waals surface area contributed by atoms with Gasteiger partial charge >= 0.3 is 5.97 Å². The van der Waals surface area contributed by atoms with Crippen LogP contribution >= 0.6 is 11.3 Å². The second-order valence-electron chi connectivity index (χ2n) is 3.45. The minimum atomic E-state index is -1.65. The van der Waals surface area contributed by atoms with Crippen LogP contribution < -0.4 is 0 Å². The molecular weight excluding hydrogens is 188 g/mol. The molecule has 0 spiro atoms. The van der Waals surface area contributed by atoms with E-state index in [0.717, 1.165) is 5.56 Å². The second kappa shape index (κ2) is 2.56. The molecule has 70 valence electrons. The fraction of sp³-hybridized carbons (Fsp3) is 0.444. The summed E-state index contributed by atoms with van der Waals surface area (Å²) in [5.41, 5.74) is -0.675. The van der Waals surface area contributed by atoms with Gasteiger partial charge in [0.2, 0.25) is 0 Å². The van der Waals surface area contributed by atoms with Crippen LogP contribution in [0.3, 0.4) is 0 Å². The average molecular weight is 198 g/mol. The van der Waals surface area contributed by atoms with Crippen molar-refractivity contribution < 1.29 is 15.0 Å². The Hall–Kier alpha value is -0.870. The van der Waals surface area contributed by atoms with Crippen LogP contribution in [0.5, 0.6) is 0 Å². The number of hydrogen-bond donors (Lipinski definition) is 2. The molecule has 2 atom stereocenters. The van der Waals surface area contributed by atoms with Gasteiger partial charge in [-0.2, -0.15) is 0 Å². The highest BCUT2D eigenvalue weighted by Gasteiger charge is 2.50. The van der Waals surface area contributed by atoms with Gasteiger partial charge in [0.05, 0.1) is 4.88 Å². The normalized spacial score (nSPS) is 31.7. The van der Waals surface area contributed by atoms with E-state index < -0.39 is 11.6 Å². The highest BCUT2D eigenvalue weighted by molar-refractivity contribution is 7.10. The van der Waals surface area contributed by atoms with Crippen LogP contribution in [0.25, 0.3) is 0 Å². The number of fused-ring (bicyclic) bond motifs is 1. The molecule has 1 heterocycles. The lowest BCUT2D eigenvalue weighted by molar-refractivity contribution is -0.163. The molecule has 0 saturated heterocycles. The first-order valence-electron chi connectivity index (χ1n) is 4.09. The summed E-state index contributed by atoms with van der Waals surface area (Å²) in [5.74, 6) is -1.37. The van der Waals surface area contributed by atoms with Gasteiger partial charge in [-0.3, -0.25) is 0 Å². The van der Waals surface area contributed by atoms with Crippen LogP contribution in [0.1, 0.15) is 17.4 Å². The summed E-state index contributed by atoms with van der Waals surface area (Å²) in [6.45, 7) is 1.76. The van der Waals surface area contributed by atoms with Crippen molar-refractivity contribution in [2.45, 2.75) is 18.9 Å². The number of aliphatic carboxylic acids is 1. The molecule has 3 nitrogen and oxygen atoms in total. The predicted octanol–water partition coefficient (Wildman–Crippen LogP) is 1.21. The maximum Gasteiger partial charge on any atom is 0.341 e. The minimum absolute atomic E-state index is 0.229. The lowest BCUT2D eigenvalue weighted by Crippen LogP contribution is -2.38. The van der Waals surface area contributed by atoms with E-state index in [0.29, 0.717) is 11.3 Å². The van der Waals surface area contributed by atoms with Crippen molar-refractivity contribution in [1.29, 1.82) is 0 Å². The van der Waals surface area contributed by atoms with Crippen molar-refractivity contribution in [2.24, 2.45) is 5.92 Å². The molecule has 0 radical (unpaired) electrons. The molecule has 0 amide bonds. The van der Waals surface area contributed by atoms with Crippen LogP contribution in [-0.4, -0.2) is 16.2 Å². The average Bonchev–Trinajstić information content (AvgIpc) is 2.57. The van der Waals surface area contributed by atoms with Gasteiger partial charge in [-0.25, -0.2) is 4.79 Å². The zero-order valence-electron chi connectivity index (χ0n) is 7.15. The molecule has 13 heavy (non-hydrogen) atoms. The topological polar surface area (TPSA) is 57.5 Å². The summed E-state index contributed by atoms with van der Waals surface area (Å²) in [6.07, 6.45) is 0.654. The van der Waals surface area contributed by atoms with Crippen molar-refractivity contribution >= 4 is 17.3 Å². The van der Waals surface area contributed by atoms with Crippen LogP contribution in [0.4, 0.5) is 0 Å². The number of aliphatic hydroxyl groups is 1. The molecule has 1 aliphatic rings. The standard InChI is InChI=1S/C9H10O3S/c1-5-4-6-2-3-13-7(6)9(5,12)8(10)11/h2-3,5,12H,4H2,1H3,(H,10,11). The second-order valence-corrected chi connectivity index (χ2v) is 4.37. The third-order valence-corrected chi connectivity index (χ3v) is 3.74. The largest absolute Gasteiger partial charge is 0.479 e. The summed E-state index contributed by atoms with van der Waals surface area (Å²) in [6, 6.07) is 1.89. The Morgan fingerprint density at radius 1 is 1.77 bits per heavy atom. The molecule has 0 fully saturated rings. The first-order chi connectivity index (χ1) is 6.06. The molecule has 0 aliphatic heterocycles. The molecule has 0 aromatic carbocycles. The molecule has 2 rings (SSSR count). The molecule has 1 aromatic heterocycles. The van der Waals surface area contributed by atoms with Crippen LogP contribution in [0, 0.1) is 5.92 Å². The van der Waals surface area contributed by atoms with Crippen molar-refractivity contribution in [1.82, 2.24) is 0 Å². The molecule has 1 aromatic rings. The summed E-state index contributed by atoms with van der Waals surface area (Å²) < 4.78 is 0. The fourth-order valence-electron chi connectivity index (χ4n) is 1.84. The maximum atomic E-state index is 11.0. The predicted molar refractivity (Wildman–Crippen MR) is 48.7 cm³/mol. The summed E-state index contributed by atoms with van der Waals surface area (Å²) in [7, 11) is 0. The summed E-state index contributed by atoms with van der Waals surface area (Å²) in [5, 5.41) is 20.8. The Morgan fingerprint density at radius 3 is 3.08 bits per heavy atom. The Kier molecular flexibility index (Phi) is 1.72. The first-order valence-corrected chi connectivity index (χ1v) is 4.97. The van der Waals surface area contributed by atoms with E-state index in [4.69, 9.17) is 5.11 Å². The van der Waals surface area contributed by atoms with Gasteiger partial charge in [0, 0.05) is 5.92 Å². The number of hydrogen-bond acceptors (Lipinski definition) is 3. The highest BCUT2D eigenvalue weighted by Crippen LogP contribution is 2.44. The van der Waals surface area contributed by atoms with E-state index in [9.17, 15) is 9.90 Å². The first kappa shape index (κ1) is 8.72.